The zero-order valence-electron chi connectivity index (χ0n) is 17.1. The molecule has 31 heavy (non-hydrogen) atoms. The minimum absolute atomic E-state index is 0.0151. The van der Waals surface area contributed by atoms with Crippen LogP contribution in [0.5, 0.6) is 0 Å². The fourth-order valence-electron chi connectivity index (χ4n) is 3.75. The highest BCUT2D eigenvalue weighted by atomic mass is 32.2. The average molecular weight is 454 g/mol. The van der Waals surface area contributed by atoms with Gasteiger partial charge in [-0.2, -0.15) is 0 Å². The number of imide groups is 1. The van der Waals surface area contributed by atoms with Crippen LogP contribution in [0.2, 0.25) is 0 Å². The molecule has 2 amide bonds. The first-order chi connectivity index (χ1) is 15.1. The molecule has 2 aromatic heterocycles. The highest BCUT2D eigenvalue weighted by molar-refractivity contribution is 7.99. The number of carbonyl (C=O) groups is 2. The van der Waals surface area contributed by atoms with Crippen LogP contribution in [0, 0.1) is 0 Å². The van der Waals surface area contributed by atoms with Crippen molar-refractivity contribution in [1.29, 1.82) is 0 Å². The number of rotatable bonds is 6. The van der Waals surface area contributed by atoms with Gasteiger partial charge in [-0.1, -0.05) is 42.5 Å². The second kappa shape index (κ2) is 9.62. The number of thioether (sulfide) groups is 1. The predicted molar refractivity (Wildman–Crippen MR) is 125 cm³/mol. The minimum atomic E-state index is -0.444. The molecule has 0 unspecified atom stereocenters. The molecule has 0 saturated heterocycles. The van der Waals surface area contributed by atoms with E-state index in [0.29, 0.717) is 17.3 Å². The van der Waals surface area contributed by atoms with Crippen LogP contribution in [0.3, 0.4) is 0 Å². The molecule has 2 heterocycles. The molecule has 1 aliphatic rings. The van der Waals surface area contributed by atoms with Gasteiger partial charge in [0, 0.05) is 17.0 Å². The summed E-state index contributed by atoms with van der Waals surface area (Å²) in [6.45, 7) is 4.08. The summed E-state index contributed by atoms with van der Waals surface area (Å²) in [4.78, 5) is 44.5. The summed E-state index contributed by atoms with van der Waals surface area (Å²) < 4.78 is 1.57. The van der Waals surface area contributed by atoms with Gasteiger partial charge < -0.3 is 0 Å². The van der Waals surface area contributed by atoms with Gasteiger partial charge in [-0.15, -0.1) is 17.9 Å². The third kappa shape index (κ3) is 4.65. The van der Waals surface area contributed by atoms with Crippen LogP contribution in [0.25, 0.3) is 10.2 Å². The number of fused-ring (bicyclic) bond motifs is 3. The van der Waals surface area contributed by atoms with Gasteiger partial charge in [0.05, 0.1) is 11.1 Å². The van der Waals surface area contributed by atoms with Gasteiger partial charge in [0.1, 0.15) is 4.83 Å². The maximum absolute atomic E-state index is 13.3. The zero-order chi connectivity index (χ0) is 21.8. The van der Waals surface area contributed by atoms with Crippen molar-refractivity contribution in [3.63, 3.8) is 0 Å². The number of allylic oxidation sites excluding steroid dienone is 1. The van der Waals surface area contributed by atoms with E-state index in [9.17, 15) is 14.4 Å². The summed E-state index contributed by atoms with van der Waals surface area (Å²) >= 11 is 2.75. The Bertz CT molecular complexity index is 1200. The first-order valence-corrected chi connectivity index (χ1v) is 12.1. The van der Waals surface area contributed by atoms with Crippen LogP contribution in [-0.2, 0) is 24.2 Å². The maximum Gasteiger partial charge on any atom is 0.263 e. The second-order valence-electron chi connectivity index (χ2n) is 7.38. The Morgan fingerprint density at radius 1 is 1.19 bits per heavy atom. The fraction of sp³-hybridized carbons (Fsp3) is 0.304. The van der Waals surface area contributed by atoms with Crippen LogP contribution in [0.15, 0.2) is 52.9 Å². The van der Waals surface area contributed by atoms with Crippen LogP contribution in [-0.4, -0.2) is 27.1 Å². The number of carbonyl (C=O) groups excluding carboxylic acids is 2. The number of hydrogen-bond donors (Lipinski definition) is 1. The molecule has 8 heteroatoms. The van der Waals surface area contributed by atoms with Crippen molar-refractivity contribution < 1.29 is 9.59 Å². The lowest BCUT2D eigenvalue weighted by Crippen LogP contribution is -2.32. The quantitative estimate of drug-likeness (QED) is 0.264. The maximum atomic E-state index is 13.3. The normalized spacial score (nSPS) is 13.4. The number of aryl methyl sites for hydroxylation is 2. The lowest BCUT2D eigenvalue weighted by molar-refractivity contribution is -0.117. The first-order valence-electron chi connectivity index (χ1n) is 10.3. The Labute approximate surface area is 188 Å². The van der Waals surface area contributed by atoms with Crippen LogP contribution < -0.4 is 10.9 Å². The van der Waals surface area contributed by atoms with Gasteiger partial charge in [0.15, 0.2) is 5.16 Å². The largest absolute Gasteiger partial charge is 0.292 e. The van der Waals surface area contributed by atoms with Crippen molar-refractivity contribution in [2.24, 2.45) is 0 Å². The van der Waals surface area contributed by atoms with Crippen molar-refractivity contribution in [2.45, 2.75) is 43.8 Å². The van der Waals surface area contributed by atoms with E-state index in [2.05, 4.69) is 11.9 Å². The lowest BCUT2D eigenvalue weighted by atomic mass is 10.1. The third-order valence-electron chi connectivity index (χ3n) is 5.22. The zero-order valence-corrected chi connectivity index (χ0v) is 18.7. The standard InChI is InChI=1S/C23H23N3O3S2/c1-2-13-26-22(29)19-16-11-7-4-8-12-17(16)31-21(19)25-23(26)30-14-18(27)24-20(28)15-9-5-3-6-10-15/h2-3,5-6,9-10H,1,4,7-8,11-14H2,(H,24,27,28). The van der Waals surface area contributed by atoms with Crippen molar-refractivity contribution in [2.75, 3.05) is 5.75 Å². The Morgan fingerprint density at radius 2 is 1.97 bits per heavy atom. The Hall–Kier alpha value is -2.71. The van der Waals surface area contributed by atoms with Crippen LogP contribution in [0.4, 0.5) is 0 Å². The van der Waals surface area contributed by atoms with Crippen molar-refractivity contribution >= 4 is 45.1 Å². The number of benzene rings is 1. The molecule has 0 spiro atoms. The summed E-state index contributed by atoms with van der Waals surface area (Å²) in [5.74, 6) is -0.890. The van der Waals surface area contributed by atoms with Crippen LogP contribution in [0.1, 0.15) is 40.1 Å². The molecule has 0 radical (unpaired) electrons. The topological polar surface area (TPSA) is 81.1 Å². The van der Waals surface area contributed by atoms with Gasteiger partial charge >= 0.3 is 0 Å². The van der Waals surface area contributed by atoms with Gasteiger partial charge in [0.2, 0.25) is 5.91 Å². The summed E-state index contributed by atoms with van der Waals surface area (Å²) in [6.07, 6.45) is 6.97. The smallest absolute Gasteiger partial charge is 0.263 e. The highest BCUT2D eigenvalue weighted by Crippen LogP contribution is 2.34. The summed E-state index contributed by atoms with van der Waals surface area (Å²) in [6, 6.07) is 8.58. The average Bonchev–Trinajstić information content (AvgIpc) is 2.96. The molecule has 0 atom stereocenters. The number of thiophene rings is 1. The molecule has 0 saturated carbocycles. The monoisotopic (exact) mass is 453 g/mol. The third-order valence-corrected chi connectivity index (χ3v) is 7.38. The Balaban J connectivity index is 1.57. The number of hydrogen-bond acceptors (Lipinski definition) is 6. The van der Waals surface area contributed by atoms with E-state index in [4.69, 9.17) is 4.98 Å². The van der Waals surface area contributed by atoms with E-state index in [1.165, 1.54) is 11.3 Å². The Kier molecular flexibility index (Phi) is 6.67. The molecule has 1 aromatic carbocycles. The van der Waals surface area contributed by atoms with Crippen molar-refractivity contribution in [3.8, 4) is 0 Å². The number of aromatic nitrogens is 2. The molecule has 4 rings (SSSR count). The molecule has 1 N–H and O–H groups in total. The van der Waals surface area contributed by atoms with E-state index in [-0.39, 0.29) is 11.3 Å². The molecule has 0 fully saturated rings. The van der Waals surface area contributed by atoms with Crippen molar-refractivity contribution in [3.05, 3.63) is 69.3 Å². The Morgan fingerprint density at radius 3 is 2.74 bits per heavy atom. The summed E-state index contributed by atoms with van der Waals surface area (Å²) in [7, 11) is 0. The van der Waals surface area contributed by atoms with E-state index in [0.717, 1.165) is 53.2 Å². The molecule has 160 valence electrons. The molecule has 3 aromatic rings. The summed E-state index contributed by atoms with van der Waals surface area (Å²) in [5, 5.41) is 3.57. The lowest BCUT2D eigenvalue weighted by Gasteiger charge is -2.10. The molecule has 1 aliphatic carbocycles. The second-order valence-corrected chi connectivity index (χ2v) is 9.40. The first kappa shape index (κ1) is 21.5. The molecule has 6 nitrogen and oxygen atoms in total. The SMILES string of the molecule is C=CCn1c(SCC(=O)NC(=O)c2ccccc2)nc2sc3c(c2c1=O)CCCCC3. The molecule has 0 aliphatic heterocycles. The van der Waals surface area contributed by atoms with Gasteiger partial charge in [-0.05, 0) is 43.4 Å². The van der Waals surface area contributed by atoms with E-state index in [1.807, 2.05) is 0 Å². The number of nitrogens with zero attached hydrogens (tertiary/aromatic N) is 2. The van der Waals surface area contributed by atoms with Gasteiger partial charge in [0.25, 0.3) is 11.5 Å². The van der Waals surface area contributed by atoms with E-state index >= 15 is 0 Å². The molecule has 0 bridgehead atoms. The molecular formula is C23H23N3O3S2. The van der Waals surface area contributed by atoms with E-state index in [1.54, 1.807) is 52.3 Å². The minimum Gasteiger partial charge on any atom is -0.292 e. The number of amides is 2. The van der Waals surface area contributed by atoms with Crippen molar-refractivity contribution in [1.82, 2.24) is 14.9 Å². The molecular weight excluding hydrogens is 430 g/mol. The highest BCUT2D eigenvalue weighted by Gasteiger charge is 2.22. The van der Waals surface area contributed by atoms with Gasteiger partial charge in [-0.25, -0.2) is 4.98 Å². The predicted octanol–water partition coefficient (Wildman–Crippen LogP) is 3.96. The van der Waals surface area contributed by atoms with Crippen LogP contribution >= 0.6 is 23.1 Å². The van der Waals surface area contributed by atoms with Gasteiger partial charge in [-0.3, -0.25) is 24.3 Å². The summed E-state index contributed by atoms with van der Waals surface area (Å²) in [5.41, 5.74) is 1.49. The fourth-order valence-corrected chi connectivity index (χ4v) is 5.86. The van der Waals surface area contributed by atoms with E-state index < -0.39 is 11.8 Å². The number of nitrogens with one attached hydrogen (secondary N) is 1.